The van der Waals surface area contributed by atoms with Gasteiger partial charge in [-0.15, -0.1) is 0 Å². The van der Waals surface area contributed by atoms with Crippen molar-refractivity contribution in [1.82, 2.24) is 20.4 Å². The van der Waals surface area contributed by atoms with Crippen LogP contribution in [0.2, 0.25) is 0 Å². The van der Waals surface area contributed by atoms with Gasteiger partial charge in [0.1, 0.15) is 6.04 Å². The molecule has 1 atom stereocenters. The Balaban J connectivity index is 1.59. The molecule has 1 unspecified atom stereocenters. The van der Waals surface area contributed by atoms with Gasteiger partial charge in [0.15, 0.2) is 5.82 Å². The third-order valence-electron chi connectivity index (χ3n) is 5.31. The van der Waals surface area contributed by atoms with Crippen LogP contribution in [-0.4, -0.2) is 34.2 Å². The molecule has 7 heteroatoms. The zero-order valence-electron chi connectivity index (χ0n) is 15.9. The first-order valence-electron chi connectivity index (χ1n) is 9.80. The molecule has 3 heterocycles. The van der Waals surface area contributed by atoms with Crippen LogP contribution < -0.4 is 5.32 Å². The minimum Gasteiger partial charge on any atom is -0.381 e. The predicted molar refractivity (Wildman–Crippen MR) is 98.3 cm³/mol. The Hall–Kier alpha value is -2.28. The van der Waals surface area contributed by atoms with E-state index in [4.69, 9.17) is 9.26 Å². The second kappa shape index (κ2) is 7.76. The summed E-state index contributed by atoms with van der Waals surface area (Å²) in [4.78, 5) is 22.1. The van der Waals surface area contributed by atoms with Gasteiger partial charge in [0.2, 0.25) is 5.89 Å². The van der Waals surface area contributed by atoms with E-state index in [-0.39, 0.29) is 23.8 Å². The number of ether oxygens (including phenoxy) is 1. The predicted octanol–water partition coefficient (Wildman–Crippen LogP) is 3.36. The molecule has 2 aromatic rings. The van der Waals surface area contributed by atoms with E-state index in [9.17, 15) is 4.79 Å². The lowest BCUT2D eigenvalue weighted by atomic mass is 9.91. The van der Waals surface area contributed by atoms with Gasteiger partial charge >= 0.3 is 0 Å². The summed E-state index contributed by atoms with van der Waals surface area (Å²) in [7, 11) is 0. The largest absolute Gasteiger partial charge is 0.381 e. The highest BCUT2D eigenvalue weighted by atomic mass is 16.5. The summed E-state index contributed by atoms with van der Waals surface area (Å²) in [6, 6.07) is 3.35. The number of pyridine rings is 1. The van der Waals surface area contributed by atoms with E-state index in [1.54, 1.807) is 6.20 Å². The number of hydrogen-bond acceptors (Lipinski definition) is 6. The minimum atomic E-state index is -0.311. The van der Waals surface area contributed by atoms with Crippen LogP contribution in [0.25, 0.3) is 0 Å². The van der Waals surface area contributed by atoms with Crippen molar-refractivity contribution in [1.29, 1.82) is 0 Å². The molecule has 7 nitrogen and oxygen atoms in total. The summed E-state index contributed by atoms with van der Waals surface area (Å²) < 4.78 is 11.0. The second-order valence-electron chi connectivity index (χ2n) is 7.76. The van der Waals surface area contributed by atoms with Crippen LogP contribution in [0.15, 0.2) is 22.9 Å². The molecule has 0 bridgehead atoms. The molecule has 0 radical (unpaired) electrons. The number of carbonyl (C=O) groups is 1. The summed E-state index contributed by atoms with van der Waals surface area (Å²) in [6.45, 7) is 5.41. The van der Waals surface area contributed by atoms with Crippen LogP contribution >= 0.6 is 0 Å². The number of rotatable bonds is 6. The second-order valence-corrected chi connectivity index (χ2v) is 7.76. The quantitative estimate of drug-likeness (QED) is 0.838. The fraction of sp³-hybridized carbons (Fsp3) is 0.600. The summed E-state index contributed by atoms with van der Waals surface area (Å²) in [5.41, 5.74) is 1.55. The molecule has 0 aromatic carbocycles. The zero-order chi connectivity index (χ0) is 18.8. The monoisotopic (exact) mass is 370 g/mol. The Bertz CT molecular complexity index is 794. The molecule has 4 rings (SSSR count). The molecule has 1 aliphatic carbocycles. The van der Waals surface area contributed by atoms with Crippen molar-refractivity contribution < 1.29 is 14.1 Å². The van der Waals surface area contributed by atoms with Crippen LogP contribution in [0.4, 0.5) is 0 Å². The highest BCUT2D eigenvalue weighted by Gasteiger charge is 2.34. The van der Waals surface area contributed by atoms with Crippen molar-refractivity contribution >= 4 is 5.91 Å². The van der Waals surface area contributed by atoms with Gasteiger partial charge in [-0.3, -0.25) is 9.78 Å². The molecule has 0 spiro atoms. The van der Waals surface area contributed by atoms with E-state index >= 15 is 0 Å². The van der Waals surface area contributed by atoms with Gasteiger partial charge < -0.3 is 14.6 Å². The molecule has 144 valence electrons. The maximum Gasteiger partial charge on any atom is 0.253 e. The molecule has 1 amide bonds. The van der Waals surface area contributed by atoms with Crippen molar-refractivity contribution in [2.45, 2.75) is 57.4 Å². The van der Waals surface area contributed by atoms with Crippen molar-refractivity contribution in [3.8, 4) is 0 Å². The minimum absolute atomic E-state index is 0.120. The first-order chi connectivity index (χ1) is 13.1. The van der Waals surface area contributed by atoms with Crippen LogP contribution in [0, 0.1) is 5.92 Å². The fourth-order valence-corrected chi connectivity index (χ4v) is 3.55. The number of carbonyl (C=O) groups excluding carboxylic acids is 1. The Labute approximate surface area is 158 Å². The van der Waals surface area contributed by atoms with Crippen LogP contribution in [0.5, 0.6) is 0 Å². The number of amides is 1. The molecular formula is C20H26N4O3. The fourth-order valence-electron chi connectivity index (χ4n) is 3.55. The van der Waals surface area contributed by atoms with E-state index in [1.165, 1.54) is 0 Å². The Morgan fingerprint density at radius 3 is 2.67 bits per heavy atom. The van der Waals surface area contributed by atoms with Gasteiger partial charge in [-0.05, 0) is 43.7 Å². The van der Waals surface area contributed by atoms with E-state index < -0.39 is 0 Å². The lowest BCUT2D eigenvalue weighted by Crippen LogP contribution is -2.36. The van der Waals surface area contributed by atoms with Crippen molar-refractivity contribution in [3.63, 3.8) is 0 Å². The van der Waals surface area contributed by atoms with Crippen molar-refractivity contribution in [2.24, 2.45) is 5.92 Å². The van der Waals surface area contributed by atoms with Gasteiger partial charge in [-0.1, -0.05) is 19.0 Å². The van der Waals surface area contributed by atoms with Gasteiger partial charge in [0, 0.05) is 31.2 Å². The highest BCUT2D eigenvalue weighted by Crippen LogP contribution is 2.40. The number of hydrogen-bond donors (Lipinski definition) is 1. The average molecular weight is 370 g/mol. The summed E-state index contributed by atoms with van der Waals surface area (Å²) in [5, 5.41) is 7.25. The summed E-state index contributed by atoms with van der Waals surface area (Å²) in [5.74, 6) is 1.82. The Morgan fingerprint density at radius 1 is 1.22 bits per heavy atom. The molecule has 1 aliphatic heterocycles. The first kappa shape index (κ1) is 18.1. The van der Waals surface area contributed by atoms with Crippen LogP contribution in [-0.2, 0) is 4.74 Å². The Morgan fingerprint density at radius 2 is 2.00 bits per heavy atom. The van der Waals surface area contributed by atoms with Gasteiger partial charge in [0.05, 0.1) is 11.3 Å². The summed E-state index contributed by atoms with van der Waals surface area (Å²) >= 11 is 0. The molecule has 1 saturated heterocycles. The normalized spacial score (nSPS) is 19.2. The number of aromatic nitrogens is 3. The molecule has 2 fully saturated rings. The van der Waals surface area contributed by atoms with E-state index in [0.717, 1.165) is 31.4 Å². The maximum absolute atomic E-state index is 13.1. The smallest absolute Gasteiger partial charge is 0.253 e. The third kappa shape index (κ3) is 4.03. The number of nitrogens with one attached hydrogen (secondary N) is 1. The Kier molecular flexibility index (Phi) is 5.20. The van der Waals surface area contributed by atoms with E-state index in [1.807, 2.05) is 26.0 Å². The molecule has 2 aliphatic rings. The van der Waals surface area contributed by atoms with Gasteiger partial charge in [0.25, 0.3) is 5.91 Å². The lowest BCUT2D eigenvalue weighted by molar-refractivity contribution is 0.0467. The third-order valence-corrected chi connectivity index (χ3v) is 5.31. The first-order valence-corrected chi connectivity index (χ1v) is 9.80. The van der Waals surface area contributed by atoms with Crippen LogP contribution in [0.3, 0.4) is 0 Å². The lowest BCUT2D eigenvalue weighted by Gasteiger charge is -2.28. The SMILES string of the molecule is CC(C)c1noc(C(NC(=O)c2cccnc2C2CC2)C2CCOCC2)n1. The van der Waals surface area contributed by atoms with Crippen LogP contribution in [0.1, 0.15) is 85.2 Å². The molecule has 1 N–H and O–H groups in total. The average Bonchev–Trinajstić information content (AvgIpc) is 3.43. The maximum atomic E-state index is 13.1. The molecule has 1 saturated carbocycles. The molecule has 2 aromatic heterocycles. The van der Waals surface area contributed by atoms with E-state index in [2.05, 4.69) is 20.4 Å². The molecular weight excluding hydrogens is 344 g/mol. The van der Waals surface area contributed by atoms with Crippen molar-refractivity contribution in [2.75, 3.05) is 13.2 Å². The zero-order valence-corrected chi connectivity index (χ0v) is 15.9. The van der Waals surface area contributed by atoms with Gasteiger partial charge in [-0.2, -0.15) is 4.98 Å². The molecule has 27 heavy (non-hydrogen) atoms. The number of nitrogens with zero attached hydrogens (tertiary/aromatic N) is 3. The summed E-state index contributed by atoms with van der Waals surface area (Å²) in [6.07, 6.45) is 5.66. The van der Waals surface area contributed by atoms with E-state index in [0.29, 0.717) is 36.4 Å². The van der Waals surface area contributed by atoms with Crippen molar-refractivity contribution in [3.05, 3.63) is 41.3 Å². The topological polar surface area (TPSA) is 90.1 Å². The standard InChI is InChI=1S/C20H26N4O3/c1-12(2)18-23-20(27-24-18)17(14-7-10-26-11-8-14)22-19(25)15-4-3-9-21-16(15)13-5-6-13/h3-4,9,12-14,17H,5-8,10-11H2,1-2H3,(H,22,25). The highest BCUT2D eigenvalue weighted by molar-refractivity contribution is 5.95. The van der Waals surface area contributed by atoms with Gasteiger partial charge in [-0.25, -0.2) is 0 Å².